The van der Waals surface area contributed by atoms with Crippen LogP contribution in [0.5, 0.6) is 0 Å². The van der Waals surface area contributed by atoms with Gasteiger partial charge >= 0.3 is 0 Å². The molecule has 0 aliphatic carbocycles. The monoisotopic (exact) mass is 497 g/mol. The van der Waals surface area contributed by atoms with Crippen LogP contribution in [0.15, 0.2) is 46.9 Å². The Morgan fingerprint density at radius 2 is 1.86 bits per heavy atom. The lowest BCUT2D eigenvalue weighted by atomic mass is 10.1. The molecule has 180 valence electrons. The van der Waals surface area contributed by atoms with Crippen molar-refractivity contribution in [3.8, 4) is 11.5 Å². The van der Waals surface area contributed by atoms with Gasteiger partial charge in [-0.2, -0.15) is 0 Å². The van der Waals surface area contributed by atoms with E-state index in [1.54, 1.807) is 24.3 Å². The molecule has 4 rings (SSSR count). The van der Waals surface area contributed by atoms with E-state index in [-0.39, 0.29) is 48.3 Å². The lowest BCUT2D eigenvalue weighted by Gasteiger charge is -2.21. The van der Waals surface area contributed by atoms with Crippen LogP contribution in [0, 0.1) is 10.1 Å². The first-order valence-electron chi connectivity index (χ1n) is 10.8. The first kappa shape index (κ1) is 24.0. The first-order valence-corrected chi connectivity index (χ1v) is 11.2. The van der Waals surface area contributed by atoms with Gasteiger partial charge in [-0.25, -0.2) is 0 Å². The van der Waals surface area contributed by atoms with Crippen LogP contribution < -0.4 is 0 Å². The van der Waals surface area contributed by atoms with Crippen molar-refractivity contribution < 1.29 is 23.7 Å². The molecule has 0 N–H and O–H groups in total. The predicted octanol–water partition coefficient (Wildman–Crippen LogP) is 3.72. The van der Waals surface area contributed by atoms with E-state index in [1.165, 1.54) is 23.1 Å². The molecular formula is C23H20ClN5O6. The summed E-state index contributed by atoms with van der Waals surface area (Å²) in [5.74, 6) is -1.35. The van der Waals surface area contributed by atoms with E-state index in [9.17, 15) is 24.5 Å². The molecule has 1 aliphatic rings. The molecule has 1 aromatic heterocycles. The summed E-state index contributed by atoms with van der Waals surface area (Å²) in [6, 6.07) is 10.9. The number of fused-ring (bicyclic) bond motifs is 1. The third-order valence-corrected chi connectivity index (χ3v) is 5.80. The molecule has 2 aromatic carbocycles. The summed E-state index contributed by atoms with van der Waals surface area (Å²) >= 11 is 6.17. The number of amides is 3. The van der Waals surface area contributed by atoms with Gasteiger partial charge in [0, 0.05) is 25.6 Å². The molecule has 3 aromatic rings. The molecule has 0 fully saturated rings. The number of nitrogens with zero attached hydrogens (tertiary/aromatic N) is 5. The van der Waals surface area contributed by atoms with Gasteiger partial charge in [0.1, 0.15) is 5.56 Å². The second-order valence-corrected chi connectivity index (χ2v) is 8.17. The van der Waals surface area contributed by atoms with Crippen LogP contribution >= 0.6 is 11.6 Å². The van der Waals surface area contributed by atoms with Gasteiger partial charge in [-0.1, -0.05) is 36.7 Å². The summed E-state index contributed by atoms with van der Waals surface area (Å²) in [5, 5.41) is 19.7. The summed E-state index contributed by atoms with van der Waals surface area (Å²) in [6.07, 6.45) is 0.487. The highest BCUT2D eigenvalue weighted by atomic mass is 35.5. The molecule has 2 heterocycles. The summed E-state index contributed by atoms with van der Waals surface area (Å²) < 4.78 is 5.68. The van der Waals surface area contributed by atoms with Gasteiger partial charge < -0.3 is 9.32 Å². The Kier molecular flexibility index (Phi) is 6.87. The normalized spacial score (nSPS) is 12.7. The smallest absolute Gasteiger partial charge is 0.282 e. The van der Waals surface area contributed by atoms with Crippen LogP contribution in [-0.2, 0) is 11.3 Å². The number of carbonyl (C=O) groups is 3. The number of nitro groups is 1. The number of carbonyl (C=O) groups excluding carboxylic acids is 3. The van der Waals surface area contributed by atoms with Crippen LogP contribution in [0.1, 0.15) is 46.4 Å². The third kappa shape index (κ3) is 4.76. The van der Waals surface area contributed by atoms with Gasteiger partial charge in [0.15, 0.2) is 0 Å². The largest absolute Gasteiger partial charge is 0.419 e. The van der Waals surface area contributed by atoms with E-state index < -0.39 is 22.4 Å². The van der Waals surface area contributed by atoms with Crippen molar-refractivity contribution in [2.75, 3.05) is 13.1 Å². The summed E-state index contributed by atoms with van der Waals surface area (Å²) in [5.41, 5.74) is -0.160. The molecule has 0 atom stereocenters. The SMILES string of the molecule is CCCN(Cc1nnc(-c2ccccc2Cl)o1)C(=O)CCN1C(=O)c2cccc([N+](=O)[O-])c2C1=O. The minimum Gasteiger partial charge on any atom is -0.419 e. The Morgan fingerprint density at radius 3 is 2.57 bits per heavy atom. The standard InChI is InChI=1S/C23H20ClN5O6/c1-2-11-27(13-18-25-26-21(35-18)14-6-3-4-8-16(14)24)19(30)10-12-28-22(31)15-7-5-9-17(29(33)34)20(15)23(28)32/h3-9H,2,10-13H2,1H3. The van der Waals surface area contributed by atoms with Gasteiger partial charge in [-0.05, 0) is 24.6 Å². The minimum atomic E-state index is -0.784. The van der Waals surface area contributed by atoms with E-state index in [1.807, 2.05) is 6.92 Å². The fraction of sp³-hybridized carbons (Fsp3) is 0.261. The number of imide groups is 1. The fourth-order valence-corrected chi connectivity index (χ4v) is 4.04. The number of benzene rings is 2. The summed E-state index contributed by atoms with van der Waals surface area (Å²) in [6.45, 7) is 2.11. The van der Waals surface area contributed by atoms with Crippen molar-refractivity contribution >= 4 is 35.0 Å². The Labute approximate surface area is 204 Å². The van der Waals surface area contributed by atoms with E-state index in [2.05, 4.69) is 10.2 Å². The molecule has 1 aliphatic heterocycles. The van der Waals surface area contributed by atoms with Gasteiger partial charge in [0.25, 0.3) is 17.5 Å². The van der Waals surface area contributed by atoms with Gasteiger partial charge in [-0.15, -0.1) is 10.2 Å². The molecule has 0 unspecified atom stereocenters. The molecule has 12 heteroatoms. The maximum absolute atomic E-state index is 12.9. The van der Waals surface area contributed by atoms with Crippen LogP contribution in [0.25, 0.3) is 11.5 Å². The zero-order valence-corrected chi connectivity index (χ0v) is 19.4. The highest BCUT2D eigenvalue weighted by Crippen LogP contribution is 2.31. The zero-order valence-electron chi connectivity index (χ0n) is 18.6. The van der Waals surface area contributed by atoms with Gasteiger partial charge in [0.05, 0.1) is 27.6 Å². The van der Waals surface area contributed by atoms with E-state index in [0.717, 1.165) is 4.90 Å². The number of hydrogen-bond donors (Lipinski definition) is 0. The zero-order chi connectivity index (χ0) is 25.1. The van der Waals surface area contributed by atoms with Crippen LogP contribution in [0.4, 0.5) is 5.69 Å². The second kappa shape index (κ2) is 10.0. The Balaban J connectivity index is 1.44. The molecular weight excluding hydrogens is 478 g/mol. The van der Waals surface area contributed by atoms with Crippen LogP contribution in [0.2, 0.25) is 5.02 Å². The highest BCUT2D eigenvalue weighted by molar-refractivity contribution is 6.33. The Bertz CT molecular complexity index is 1320. The van der Waals surface area contributed by atoms with E-state index in [4.69, 9.17) is 16.0 Å². The van der Waals surface area contributed by atoms with Crippen molar-refractivity contribution in [1.82, 2.24) is 20.0 Å². The minimum absolute atomic E-state index is 0.0394. The van der Waals surface area contributed by atoms with Crippen molar-refractivity contribution in [1.29, 1.82) is 0 Å². The fourth-order valence-electron chi connectivity index (χ4n) is 3.82. The number of hydrogen-bond acceptors (Lipinski definition) is 8. The molecule has 3 amide bonds. The number of nitro benzene ring substituents is 1. The molecule has 0 radical (unpaired) electrons. The summed E-state index contributed by atoms with van der Waals surface area (Å²) in [4.78, 5) is 51.2. The van der Waals surface area contributed by atoms with Crippen molar-refractivity contribution in [3.05, 3.63) is 74.6 Å². The molecule has 35 heavy (non-hydrogen) atoms. The first-order chi connectivity index (χ1) is 16.8. The predicted molar refractivity (Wildman–Crippen MR) is 124 cm³/mol. The lowest BCUT2D eigenvalue weighted by Crippen LogP contribution is -2.37. The molecule has 0 spiro atoms. The lowest BCUT2D eigenvalue weighted by molar-refractivity contribution is -0.385. The maximum Gasteiger partial charge on any atom is 0.282 e. The second-order valence-electron chi connectivity index (χ2n) is 7.76. The molecule has 0 bridgehead atoms. The third-order valence-electron chi connectivity index (χ3n) is 5.47. The van der Waals surface area contributed by atoms with Gasteiger partial charge in [-0.3, -0.25) is 29.4 Å². The molecule has 0 saturated heterocycles. The van der Waals surface area contributed by atoms with Crippen molar-refractivity contribution in [2.45, 2.75) is 26.3 Å². The molecule has 0 saturated carbocycles. The highest BCUT2D eigenvalue weighted by Gasteiger charge is 2.41. The average Bonchev–Trinajstić information content (AvgIpc) is 3.40. The van der Waals surface area contributed by atoms with Crippen molar-refractivity contribution in [3.63, 3.8) is 0 Å². The Hall–Kier alpha value is -4.12. The van der Waals surface area contributed by atoms with Crippen LogP contribution in [0.3, 0.4) is 0 Å². The van der Waals surface area contributed by atoms with E-state index in [0.29, 0.717) is 23.6 Å². The topological polar surface area (TPSA) is 140 Å². The number of halogens is 1. The van der Waals surface area contributed by atoms with Crippen LogP contribution in [-0.4, -0.2) is 55.7 Å². The summed E-state index contributed by atoms with van der Waals surface area (Å²) in [7, 11) is 0. The van der Waals surface area contributed by atoms with Gasteiger partial charge in [0.2, 0.25) is 17.7 Å². The number of rotatable bonds is 9. The number of aromatic nitrogens is 2. The van der Waals surface area contributed by atoms with E-state index >= 15 is 0 Å². The Morgan fingerprint density at radius 1 is 1.11 bits per heavy atom. The molecule has 11 nitrogen and oxygen atoms in total. The average molecular weight is 498 g/mol. The maximum atomic E-state index is 12.9. The van der Waals surface area contributed by atoms with Crippen molar-refractivity contribution in [2.24, 2.45) is 0 Å². The quantitative estimate of drug-likeness (QED) is 0.247.